The van der Waals surface area contributed by atoms with Gasteiger partial charge in [0.2, 0.25) is 11.8 Å². The van der Waals surface area contributed by atoms with E-state index in [4.69, 9.17) is 19.7 Å². The van der Waals surface area contributed by atoms with E-state index in [0.717, 1.165) is 0 Å². The Labute approximate surface area is 188 Å². The molecule has 4 N–H and O–H groups in total. The third-order valence-electron chi connectivity index (χ3n) is 6.04. The third-order valence-corrected chi connectivity index (χ3v) is 6.81. The molecule has 33 heavy (non-hydrogen) atoms. The van der Waals surface area contributed by atoms with Crippen molar-refractivity contribution in [3.05, 3.63) is 6.33 Å². The number of ether oxygens (including phenoxy) is 3. The van der Waals surface area contributed by atoms with Gasteiger partial charge in [-0.2, -0.15) is 9.97 Å². The average Bonchev–Trinajstić information content (AvgIpc) is 3.03. The SMILES string of the molecule is CCC(=N[P+](=O)OCC1OC2(C)C(n3cnc4c(OC)nc(N)nc43)C2(O)C1O)C(=O)OC. The van der Waals surface area contributed by atoms with Crippen molar-refractivity contribution in [2.75, 3.05) is 26.6 Å². The van der Waals surface area contributed by atoms with Crippen LogP contribution < -0.4 is 10.5 Å². The summed E-state index contributed by atoms with van der Waals surface area (Å²) < 4.78 is 38.2. The molecule has 15 heteroatoms. The van der Waals surface area contributed by atoms with Crippen LogP contribution in [0.2, 0.25) is 0 Å². The molecule has 4 rings (SSSR count). The lowest BCUT2D eigenvalue weighted by atomic mass is 10.1. The molecule has 0 bridgehead atoms. The molecule has 1 aliphatic heterocycles. The van der Waals surface area contributed by atoms with Crippen molar-refractivity contribution in [3.63, 3.8) is 0 Å². The zero-order valence-electron chi connectivity index (χ0n) is 18.3. The number of nitrogens with zero attached hydrogens (tertiary/aromatic N) is 5. The minimum absolute atomic E-state index is 0.0383. The number of nitrogen functional groups attached to an aromatic ring is 1. The Morgan fingerprint density at radius 1 is 1.42 bits per heavy atom. The zero-order chi connectivity index (χ0) is 24.1. The van der Waals surface area contributed by atoms with Gasteiger partial charge in [0.1, 0.15) is 36.1 Å². The van der Waals surface area contributed by atoms with Gasteiger partial charge >= 0.3 is 14.1 Å². The first-order valence-corrected chi connectivity index (χ1v) is 11.1. The average molecular weight is 483 g/mol. The molecule has 0 aromatic carbocycles. The fourth-order valence-electron chi connectivity index (χ4n) is 4.33. The fourth-order valence-corrected chi connectivity index (χ4v) is 5.09. The molecule has 1 saturated heterocycles. The van der Waals surface area contributed by atoms with Gasteiger partial charge in [-0.05, 0) is 13.3 Å². The number of carbonyl (C=O) groups excluding carboxylic acids is 1. The maximum absolute atomic E-state index is 12.1. The van der Waals surface area contributed by atoms with Crippen LogP contribution in [0.3, 0.4) is 0 Å². The number of hydrogen-bond donors (Lipinski definition) is 3. The normalized spacial score (nSPS) is 31.4. The summed E-state index contributed by atoms with van der Waals surface area (Å²) in [5, 5.41) is 22.1. The van der Waals surface area contributed by atoms with Crippen molar-refractivity contribution in [2.24, 2.45) is 4.76 Å². The summed E-state index contributed by atoms with van der Waals surface area (Å²) in [4.78, 5) is 23.9. The number of nitrogens with two attached hydrogens (primary N) is 1. The molecule has 3 heterocycles. The molecular weight excluding hydrogens is 459 g/mol. The number of fused-ring (bicyclic) bond motifs is 2. The van der Waals surface area contributed by atoms with E-state index in [1.165, 1.54) is 20.5 Å². The van der Waals surface area contributed by atoms with E-state index in [0.29, 0.717) is 11.2 Å². The number of methoxy groups -OCH3 is 2. The smallest absolute Gasteiger partial charge is 0.479 e. The molecule has 1 aliphatic carbocycles. The van der Waals surface area contributed by atoms with E-state index >= 15 is 0 Å². The van der Waals surface area contributed by atoms with Crippen molar-refractivity contribution in [1.29, 1.82) is 0 Å². The van der Waals surface area contributed by atoms with Crippen LogP contribution in [-0.4, -0.2) is 85.6 Å². The van der Waals surface area contributed by atoms with Crippen LogP contribution in [0.5, 0.6) is 5.88 Å². The minimum Gasteiger partial charge on any atom is -0.479 e. The summed E-state index contributed by atoms with van der Waals surface area (Å²) in [7, 11) is -0.000199. The van der Waals surface area contributed by atoms with Crippen molar-refractivity contribution < 1.29 is 38.3 Å². The summed E-state index contributed by atoms with van der Waals surface area (Å²) in [6.45, 7) is 2.95. The maximum Gasteiger partial charge on any atom is 0.669 e. The third kappa shape index (κ3) is 3.45. The quantitative estimate of drug-likeness (QED) is 0.257. The Balaban J connectivity index is 1.50. The second-order valence-corrected chi connectivity index (χ2v) is 8.71. The molecule has 6 atom stereocenters. The van der Waals surface area contributed by atoms with Gasteiger partial charge < -0.3 is 34.7 Å². The Morgan fingerprint density at radius 2 is 2.15 bits per heavy atom. The summed E-state index contributed by atoms with van der Waals surface area (Å²) in [6, 6.07) is -0.738. The van der Waals surface area contributed by atoms with Crippen LogP contribution in [0.15, 0.2) is 11.1 Å². The first-order valence-electron chi connectivity index (χ1n) is 10.0. The highest BCUT2D eigenvalue weighted by Crippen LogP contribution is 2.67. The van der Waals surface area contributed by atoms with E-state index in [2.05, 4.69) is 24.5 Å². The van der Waals surface area contributed by atoms with Gasteiger partial charge in [-0.3, -0.25) is 0 Å². The lowest BCUT2D eigenvalue weighted by Crippen LogP contribution is -2.39. The highest BCUT2D eigenvalue weighted by molar-refractivity contribution is 7.38. The lowest BCUT2D eigenvalue weighted by molar-refractivity contribution is -0.132. The second kappa shape index (κ2) is 8.22. The number of carbonyl (C=O) groups is 1. The number of imidazole rings is 1. The van der Waals surface area contributed by atoms with Gasteiger partial charge in [0.25, 0.3) is 0 Å². The van der Waals surface area contributed by atoms with E-state index in [1.807, 2.05) is 0 Å². The van der Waals surface area contributed by atoms with Crippen LogP contribution in [0.25, 0.3) is 11.2 Å². The number of aromatic nitrogens is 4. The van der Waals surface area contributed by atoms with Crippen LogP contribution >= 0.6 is 8.18 Å². The number of aliphatic hydroxyl groups excluding tert-OH is 1. The molecule has 0 spiro atoms. The largest absolute Gasteiger partial charge is 0.669 e. The second-order valence-electron chi connectivity index (χ2n) is 7.78. The van der Waals surface area contributed by atoms with Crippen molar-refractivity contribution in [1.82, 2.24) is 19.5 Å². The Morgan fingerprint density at radius 3 is 2.73 bits per heavy atom. The van der Waals surface area contributed by atoms with Crippen LogP contribution in [0.4, 0.5) is 5.95 Å². The highest BCUT2D eigenvalue weighted by atomic mass is 31.1. The predicted molar refractivity (Wildman–Crippen MR) is 113 cm³/mol. The molecule has 178 valence electrons. The van der Waals surface area contributed by atoms with Gasteiger partial charge in [-0.15, -0.1) is 4.52 Å². The fraction of sp³-hybridized carbons (Fsp3) is 0.611. The Bertz CT molecular complexity index is 1160. The predicted octanol–water partition coefficient (Wildman–Crippen LogP) is -0.0807. The van der Waals surface area contributed by atoms with Crippen molar-refractivity contribution in [2.45, 2.75) is 49.7 Å². The Kier molecular flexibility index (Phi) is 5.83. The van der Waals surface area contributed by atoms with Crippen molar-refractivity contribution >= 4 is 37.0 Å². The molecule has 2 aliphatic rings. The molecule has 6 unspecified atom stereocenters. The van der Waals surface area contributed by atoms with Crippen LogP contribution in [0.1, 0.15) is 26.3 Å². The summed E-state index contributed by atoms with van der Waals surface area (Å²) in [5.41, 5.74) is 3.45. The van der Waals surface area contributed by atoms with E-state index in [-0.39, 0.29) is 30.6 Å². The molecule has 0 radical (unpaired) electrons. The summed E-state index contributed by atoms with van der Waals surface area (Å²) in [6.07, 6.45) is -0.737. The van der Waals surface area contributed by atoms with Crippen LogP contribution in [0, 0.1) is 0 Å². The van der Waals surface area contributed by atoms with Gasteiger partial charge in [-0.25, -0.2) is 9.78 Å². The van der Waals surface area contributed by atoms with Crippen molar-refractivity contribution in [3.8, 4) is 5.88 Å². The number of hydrogen-bond acceptors (Lipinski definition) is 12. The number of aliphatic hydroxyl groups is 2. The van der Waals surface area contributed by atoms with Gasteiger partial charge in [0.05, 0.1) is 20.5 Å². The van der Waals surface area contributed by atoms with E-state index in [1.54, 1.807) is 18.4 Å². The van der Waals surface area contributed by atoms with Gasteiger partial charge in [0, 0.05) is 9.33 Å². The highest BCUT2D eigenvalue weighted by Gasteiger charge is 2.85. The molecular formula is C18H24N6O8P+. The molecule has 2 aromatic rings. The monoisotopic (exact) mass is 483 g/mol. The zero-order valence-corrected chi connectivity index (χ0v) is 19.2. The maximum atomic E-state index is 12.1. The summed E-state index contributed by atoms with van der Waals surface area (Å²) in [5.74, 6) is -0.574. The van der Waals surface area contributed by atoms with Gasteiger partial charge in [-0.1, -0.05) is 6.92 Å². The molecule has 2 aromatic heterocycles. The number of esters is 1. The van der Waals surface area contributed by atoms with Crippen LogP contribution in [-0.2, 0) is 23.4 Å². The molecule has 1 saturated carbocycles. The standard InChI is InChI=1S/C18H24N6O8P/c1-5-8(14(26)30-4)23-33(28)31-6-9-11(25)18(27)15(17(18,2)32-9)24-7-20-10-12(24)21-16(19)22-13(10)29-3/h7,9,11,15,25,27H,5-6H2,1-4H3,(H2,19,21,22)/q+1. The molecule has 2 fully saturated rings. The molecule has 14 nitrogen and oxygen atoms in total. The number of anilines is 1. The van der Waals surface area contributed by atoms with E-state index in [9.17, 15) is 19.6 Å². The topological polar surface area (TPSA) is 193 Å². The minimum atomic E-state index is -2.61. The lowest BCUT2D eigenvalue weighted by Gasteiger charge is -2.21. The Hall–Kier alpha value is -2.77. The number of rotatable bonds is 8. The first kappa shape index (κ1) is 23.4. The van der Waals surface area contributed by atoms with E-state index < -0.39 is 43.6 Å². The molecule has 0 amide bonds. The first-order chi connectivity index (χ1) is 15.6. The van der Waals surface area contributed by atoms with Gasteiger partial charge in [0.15, 0.2) is 16.9 Å². The summed E-state index contributed by atoms with van der Waals surface area (Å²) >= 11 is 0.